The van der Waals surface area contributed by atoms with Gasteiger partial charge in [-0.25, -0.2) is 0 Å². The summed E-state index contributed by atoms with van der Waals surface area (Å²) in [5, 5.41) is 87.0. The van der Waals surface area contributed by atoms with E-state index >= 15 is 0 Å². The summed E-state index contributed by atoms with van der Waals surface area (Å²) in [6, 6.07) is -19.7. The molecule has 1 aliphatic heterocycles. The highest BCUT2D eigenvalue weighted by atomic mass is 32.2. The number of aliphatic carboxylic acids is 2. The molecular formula is C57H95N15O23S. The summed E-state index contributed by atoms with van der Waals surface area (Å²) >= 11 is 1.19. The molecule has 96 heavy (non-hydrogen) atoms. The lowest BCUT2D eigenvalue weighted by Gasteiger charge is -2.30. The Hall–Kier alpha value is -8.82. The zero-order valence-corrected chi connectivity index (χ0v) is 55.8. The Balaban J connectivity index is 3.37. The summed E-state index contributed by atoms with van der Waals surface area (Å²) in [7, 11) is 0. The number of hydrogen-bond donors (Lipinski definition) is 20. The van der Waals surface area contributed by atoms with Crippen LogP contribution in [0.15, 0.2) is 0 Å². The van der Waals surface area contributed by atoms with Crippen LogP contribution in [0.3, 0.4) is 0 Å². The molecule has 22 N–H and O–H groups in total. The molecule has 0 bridgehead atoms. The number of nitrogens with zero attached hydrogens (tertiary/aromatic N) is 1. The van der Waals surface area contributed by atoms with E-state index in [1.807, 2.05) is 0 Å². The number of carbonyl (C=O) groups excluding carboxylic acids is 15. The Morgan fingerprint density at radius 3 is 1.44 bits per heavy atom. The van der Waals surface area contributed by atoms with E-state index in [2.05, 4.69) is 63.8 Å². The normalized spacial score (nSPS) is 16.8. The van der Waals surface area contributed by atoms with Gasteiger partial charge in [-0.3, -0.25) is 81.5 Å². The lowest BCUT2D eigenvalue weighted by molar-refractivity contribution is -0.144. The van der Waals surface area contributed by atoms with Crippen molar-refractivity contribution in [3.05, 3.63) is 0 Å². The summed E-state index contributed by atoms with van der Waals surface area (Å²) in [6.07, 6.45) is -2.66. The Morgan fingerprint density at radius 1 is 0.531 bits per heavy atom. The molecule has 1 saturated heterocycles. The highest BCUT2D eigenvalue weighted by Crippen LogP contribution is 2.20. The molecule has 1 fully saturated rings. The number of aliphatic hydroxyl groups is 4. The molecule has 38 nitrogen and oxygen atoms in total. The Bertz CT molecular complexity index is 2780. The second-order valence-electron chi connectivity index (χ2n) is 23.5. The molecule has 0 spiro atoms. The van der Waals surface area contributed by atoms with Crippen LogP contribution in [-0.2, 0) is 81.5 Å². The van der Waals surface area contributed by atoms with Crippen LogP contribution in [0, 0.1) is 17.8 Å². The van der Waals surface area contributed by atoms with Crippen LogP contribution >= 0.6 is 11.8 Å². The molecule has 39 heteroatoms. The van der Waals surface area contributed by atoms with Gasteiger partial charge in [-0.05, 0) is 68.8 Å². The van der Waals surface area contributed by atoms with Crippen LogP contribution in [-0.4, -0.2) is 260 Å². The predicted octanol–water partition coefficient (Wildman–Crippen LogP) is -8.99. The van der Waals surface area contributed by atoms with Gasteiger partial charge in [0.1, 0.15) is 72.5 Å². The molecule has 14 atom stereocenters. The molecule has 0 unspecified atom stereocenters. The van der Waals surface area contributed by atoms with E-state index in [0.29, 0.717) is 0 Å². The van der Waals surface area contributed by atoms with Gasteiger partial charge in [0.2, 0.25) is 88.6 Å². The van der Waals surface area contributed by atoms with Crippen molar-refractivity contribution >= 4 is 112 Å². The first kappa shape index (κ1) is 85.2. The number of aliphatic hydroxyl groups excluding tert-OH is 4. The van der Waals surface area contributed by atoms with Crippen molar-refractivity contribution < 1.29 is 112 Å². The lowest BCUT2D eigenvalue weighted by Crippen LogP contribution is -2.62. The molecule has 1 heterocycles. The monoisotopic (exact) mass is 1390 g/mol. The zero-order valence-electron chi connectivity index (χ0n) is 55.0. The fourth-order valence-electron chi connectivity index (χ4n) is 9.40. The van der Waals surface area contributed by atoms with E-state index in [1.165, 1.54) is 32.5 Å². The van der Waals surface area contributed by atoms with Crippen molar-refractivity contribution in [1.82, 2.24) is 68.7 Å². The number of nitrogens with one attached hydrogen (secondary N) is 12. The van der Waals surface area contributed by atoms with Gasteiger partial charge in [-0.15, -0.1) is 0 Å². The lowest BCUT2D eigenvalue weighted by atomic mass is 9.97. The van der Waals surface area contributed by atoms with Gasteiger partial charge in [0.15, 0.2) is 0 Å². The van der Waals surface area contributed by atoms with Crippen molar-refractivity contribution in [3.8, 4) is 0 Å². The minimum atomic E-state index is -2.02. The highest BCUT2D eigenvalue weighted by Gasteiger charge is 2.42. The SMILES string of the molecule is CC[C@H](C)[C@H](NC(=O)[C@H](CO)NC(=O)CNC(=O)[C@@H](NC(=O)[C@H](CO)NC(C)=O)[C@@H](C)O)C(=O)N[C@@H](CC(=O)O)C(=O)N[C@@H](CCSC)C(=O)N[C@H](C(=O)N[C@@H](CC(=O)O)C(=O)N[C@@H](CO)C(=O)N1CCC[C@H]1C(=O)N[C@@H](CCC(N)=O)C(=O)N[C@@H](CC(C)C)C(N)=O)C(C)C. The summed E-state index contributed by atoms with van der Waals surface area (Å²) in [6.45, 7) is 7.46. The molecule has 0 aromatic rings. The summed E-state index contributed by atoms with van der Waals surface area (Å²) < 4.78 is 0. The molecule has 15 amide bonds. The average molecular weight is 1390 g/mol. The quantitative estimate of drug-likeness (QED) is 0.0269. The maximum Gasteiger partial charge on any atom is 0.305 e. The van der Waals surface area contributed by atoms with E-state index in [1.54, 1.807) is 27.0 Å². The fraction of sp³-hybridized carbons (Fsp3) is 0.702. The average Bonchev–Trinajstić information content (AvgIpc) is 1.58. The van der Waals surface area contributed by atoms with E-state index in [0.717, 1.165) is 18.7 Å². The number of carbonyl (C=O) groups is 17. The number of carboxylic acid groups (broad SMARTS) is 2. The summed E-state index contributed by atoms with van der Waals surface area (Å²) in [4.78, 5) is 224. The summed E-state index contributed by atoms with van der Waals surface area (Å²) in [5.74, 6) is -20.7. The number of hydrogen-bond acceptors (Lipinski definition) is 22. The first-order valence-corrected chi connectivity index (χ1v) is 32.2. The maximum absolute atomic E-state index is 14.1. The smallest absolute Gasteiger partial charge is 0.305 e. The van der Waals surface area contributed by atoms with Gasteiger partial charge in [0, 0.05) is 19.9 Å². The first-order chi connectivity index (χ1) is 44.9. The number of likely N-dealkylation sites (tertiary alicyclic amines) is 1. The molecule has 1 rings (SSSR count). The first-order valence-electron chi connectivity index (χ1n) is 30.8. The van der Waals surface area contributed by atoms with Crippen LogP contribution in [0.25, 0.3) is 0 Å². The minimum absolute atomic E-state index is 0.00139. The minimum Gasteiger partial charge on any atom is -0.481 e. The number of carboxylic acids is 2. The number of nitrogens with two attached hydrogens (primary N) is 2. The van der Waals surface area contributed by atoms with Crippen LogP contribution in [0.5, 0.6) is 0 Å². The van der Waals surface area contributed by atoms with Gasteiger partial charge < -0.3 is 111 Å². The van der Waals surface area contributed by atoms with Gasteiger partial charge in [-0.2, -0.15) is 11.8 Å². The van der Waals surface area contributed by atoms with Crippen molar-refractivity contribution in [2.45, 2.75) is 192 Å². The van der Waals surface area contributed by atoms with Crippen LogP contribution in [0.4, 0.5) is 0 Å². The van der Waals surface area contributed by atoms with Gasteiger partial charge in [0.25, 0.3) is 0 Å². The Labute approximate surface area is 557 Å². The van der Waals surface area contributed by atoms with Crippen molar-refractivity contribution in [2.24, 2.45) is 29.2 Å². The summed E-state index contributed by atoms with van der Waals surface area (Å²) in [5.41, 5.74) is 10.8. The van der Waals surface area contributed by atoms with E-state index in [-0.39, 0.29) is 63.2 Å². The van der Waals surface area contributed by atoms with Crippen molar-refractivity contribution in [1.29, 1.82) is 0 Å². The van der Waals surface area contributed by atoms with Gasteiger partial charge in [-0.1, -0.05) is 48.0 Å². The third-order valence-electron chi connectivity index (χ3n) is 14.8. The molecule has 0 aromatic carbocycles. The number of amides is 15. The van der Waals surface area contributed by atoms with Crippen molar-refractivity contribution in [2.75, 3.05) is 44.9 Å². The van der Waals surface area contributed by atoms with E-state index in [4.69, 9.17) is 11.5 Å². The molecule has 1 aliphatic rings. The van der Waals surface area contributed by atoms with Gasteiger partial charge in [0.05, 0.1) is 45.3 Å². The van der Waals surface area contributed by atoms with Crippen molar-refractivity contribution in [3.63, 3.8) is 0 Å². The molecule has 0 saturated carbocycles. The maximum atomic E-state index is 14.1. The Kier molecular flexibility index (Phi) is 37.8. The molecule has 0 aromatic heterocycles. The fourth-order valence-corrected chi connectivity index (χ4v) is 9.87. The number of rotatable bonds is 44. The number of primary amides is 2. The molecule has 0 radical (unpaired) electrons. The van der Waals surface area contributed by atoms with E-state index < -0.39 is 230 Å². The number of thioether (sulfide) groups is 1. The third-order valence-corrected chi connectivity index (χ3v) is 15.5. The van der Waals surface area contributed by atoms with Crippen LogP contribution < -0.4 is 75.3 Å². The molecule has 542 valence electrons. The zero-order chi connectivity index (χ0) is 73.4. The predicted molar refractivity (Wildman–Crippen MR) is 336 cm³/mol. The second-order valence-corrected chi connectivity index (χ2v) is 24.5. The molecular weight excluding hydrogens is 1290 g/mol. The van der Waals surface area contributed by atoms with Crippen LogP contribution in [0.1, 0.15) is 113 Å². The van der Waals surface area contributed by atoms with E-state index in [9.17, 15) is 112 Å². The molecule has 0 aliphatic carbocycles. The van der Waals surface area contributed by atoms with Crippen LogP contribution in [0.2, 0.25) is 0 Å². The highest BCUT2D eigenvalue weighted by molar-refractivity contribution is 7.98. The standard InChI is InChI=1S/C57H95N15O23S/c1-10-27(6)44(70-52(90)36(23-74)62-40(79)21-60-54(92)45(28(7)76)71-51(89)35(22-73)61-29(8)77)56(94)67-33(19-41(80)81)49(87)63-31(15-17-96-9)48(86)69-43(26(4)5)55(93)66-34(20-42(82)83)50(88)68-37(24-75)57(95)72-16-11-12-38(72)53(91)64-30(13-14-39(58)78)47(85)65-32(46(59)84)18-25(2)3/h25-28,30-38,43-45,73-76H,10-24H2,1-9H3,(H2,58,78)(H2,59,84)(H,60,92)(H,61,77)(H,62,79)(H,63,87)(H,64,91)(H,65,85)(H,66,93)(H,67,94)(H,68,88)(H,69,86)(H,70,90)(H,71,89)(H,80,81)(H,82,83)/t27-,28+,30-,31-,32-,33-,34-,35-,36-,37-,38-,43-,44-,45-/m0/s1. The third kappa shape index (κ3) is 29.4. The topological polar surface area (TPSA) is 611 Å². The second kappa shape index (κ2) is 42.6. The largest absolute Gasteiger partial charge is 0.481 e. The van der Waals surface area contributed by atoms with Gasteiger partial charge >= 0.3 is 11.9 Å². The Morgan fingerprint density at radius 2 is 0.979 bits per heavy atom.